The van der Waals surface area contributed by atoms with Gasteiger partial charge in [-0.15, -0.1) is 0 Å². The molecule has 2 heterocycles. The first-order chi connectivity index (χ1) is 14.3. The molecule has 0 saturated carbocycles. The van der Waals surface area contributed by atoms with Gasteiger partial charge in [0.15, 0.2) is 15.8 Å². The average Bonchev–Trinajstić information content (AvgIpc) is 3.24. The summed E-state index contributed by atoms with van der Waals surface area (Å²) in [6.07, 6.45) is 8.04. The fourth-order valence-electron chi connectivity index (χ4n) is 2.87. The highest BCUT2D eigenvalue weighted by atomic mass is 32.2. The number of benzene rings is 1. The predicted octanol–water partition coefficient (Wildman–Crippen LogP) is 1.82. The minimum Gasteiger partial charge on any atom is -0.352 e. The van der Waals surface area contributed by atoms with Crippen LogP contribution in [-0.4, -0.2) is 42.2 Å². The summed E-state index contributed by atoms with van der Waals surface area (Å²) in [5.74, 6) is 0.686. The van der Waals surface area contributed by atoms with Crippen molar-refractivity contribution >= 4 is 15.8 Å². The number of hydrogen-bond donors (Lipinski definition) is 2. The Kier molecular flexibility index (Phi) is 6.78. The smallest absolute Gasteiger partial charge is 0.191 e. The van der Waals surface area contributed by atoms with E-state index in [4.69, 9.17) is 0 Å². The van der Waals surface area contributed by atoms with Gasteiger partial charge in [-0.05, 0) is 41.0 Å². The molecule has 0 aliphatic carbocycles. The molecule has 0 radical (unpaired) electrons. The zero-order chi connectivity index (χ0) is 21.6. The number of halogens is 1. The highest BCUT2D eigenvalue weighted by molar-refractivity contribution is 7.89. The molecule has 8 nitrogen and oxygen atoms in total. The van der Waals surface area contributed by atoms with Crippen molar-refractivity contribution in [1.82, 2.24) is 25.2 Å². The van der Waals surface area contributed by atoms with Crippen molar-refractivity contribution in [3.63, 3.8) is 0 Å². The van der Waals surface area contributed by atoms with Gasteiger partial charge in [-0.3, -0.25) is 9.56 Å². The van der Waals surface area contributed by atoms with Crippen molar-refractivity contribution in [3.05, 3.63) is 77.8 Å². The molecule has 0 amide bonds. The second-order valence-corrected chi connectivity index (χ2v) is 8.89. The zero-order valence-corrected chi connectivity index (χ0v) is 17.5. The first-order valence-corrected chi connectivity index (χ1v) is 11.2. The Labute approximate surface area is 174 Å². The molecule has 0 saturated heterocycles. The molecule has 10 heteroatoms. The fourth-order valence-corrected chi connectivity index (χ4v) is 3.72. The quantitative estimate of drug-likeness (QED) is 0.438. The van der Waals surface area contributed by atoms with Crippen molar-refractivity contribution in [2.24, 2.45) is 4.99 Å². The molecule has 158 valence electrons. The minimum atomic E-state index is -3.23. The van der Waals surface area contributed by atoms with Gasteiger partial charge >= 0.3 is 0 Å². The molecule has 30 heavy (non-hydrogen) atoms. The average molecular weight is 431 g/mol. The summed E-state index contributed by atoms with van der Waals surface area (Å²) >= 11 is 0. The van der Waals surface area contributed by atoms with E-state index in [1.165, 1.54) is 18.2 Å². The molecule has 1 aromatic carbocycles. The summed E-state index contributed by atoms with van der Waals surface area (Å²) in [6.45, 7) is 0.724. The molecule has 0 spiro atoms. The van der Waals surface area contributed by atoms with Crippen LogP contribution in [0.1, 0.15) is 16.7 Å². The first kappa shape index (κ1) is 21.4. The molecule has 0 bridgehead atoms. The maximum absolute atomic E-state index is 13.7. The highest BCUT2D eigenvalue weighted by Crippen LogP contribution is 2.14. The van der Waals surface area contributed by atoms with Gasteiger partial charge in [-0.2, -0.15) is 0 Å². The molecule has 2 N–H and O–H groups in total. The second-order valence-electron chi connectivity index (χ2n) is 6.75. The number of rotatable bonds is 7. The maximum atomic E-state index is 13.7. The van der Waals surface area contributed by atoms with E-state index in [2.05, 4.69) is 25.6 Å². The molecule has 0 unspecified atom stereocenters. The van der Waals surface area contributed by atoms with E-state index in [1.807, 2.05) is 22.9 Å². The first-order valence-electron chi connectivity index (χ1n) is 9.17. The molecule has 0 atom stereocenters. The third-order valence-electron chi connectivity index (χ3n) is 4.29. The Morgan fingerprint density at radius 3 is 2.63 bits per heavy atom. The van der Waals surface area contributed by atoms with Crippen LogP contribution in [0.25, 0.3) is 5.82 Å². The fraction of sp³-hybridized carbons (Fsp3) is 0.250. The van der Waals surface area contributed by atoms with Gasteiger partial charge in [0.25, 0.3) is 0 Å². The number of nitrogens with one attached hydrogen (secondary N) is 2. The third-order valence-corrected chi connectivity index (χ3v) is 5.13. The number of aliphatic imine (C=N–C) groups is 1. The molecule has 2 aromatic heterocycles. The summed E-state index contributed by atoms with van der Waals surface area (Å²) < 4.78 is 38.8. The van der Waals surface area contributed by atoms with Crippen LogP contribution in [0.3, 0.4) is 0 Å². The van der Waals surface area contributed by atoms with Crippen molar-refractivity contribution in [1.29, 1.82) is 0 Å². The van der Waals surface area contributed by atoms with E-state index in [1.54, 1.807) is 25.8 Å². The predicted molar refractivity (Wildman–Crippen MR) is 113 cm³/mol. The van der Waals surface area contributed by atoms with E-state index >= 15 is 0 Å². The lowest BCUT2D eigenvalue weighted by Gasteiger charge is -2.14. The summed E-state index contributed by atoms with van der Waals surface area (Å²) in [7, 11) is -1.61. The monoisotopic (exact) mass is 430 g/mol. The number of aromatic nitrogens is 3. The van der Waals surface area contributed by atoms with Crippen LogP contribution in [0.4, 0.5) is 4.39 Å². The van der Waals surface area contributed by atoms with Crippen molar-refractivity contribution in [2.75, 3.05) is 13.3 Å². The number of nitrogens with zero attached hydrogens (tertiary/aromatic N) is 4. The molecule has 3 rings (SSSR count). The van der Waals surface area contributed by atoms with Gasteiger partial charge in [0.2, 0.25) is 0 Å². The Bertz CT molecular complexity index is 1130. The lowest BCUT2D eigenvalue weighted by Crippen LogP contribution is -2.36. The van der Waals surface area contributed by atoms with Gasteiger partial charge in [0.05, 0.1) is 5.75 Å². The SMILES string of the molecule is CN=C(NCc1ccnc(-n2ccnc2)c1)NCc1cc(F)ccc1CS(C)(=O)=O. The van der Waals surface area contributed by atoms with Gasteiger partial charge in [-0.25, -0.2) is 22.8 Å². The number of pyridine rings is 1. The Balaban J connectivity index is 1.64. The van der Waals surface area contributed by atoms with E-state index in [0.717, 1.165) is 17.6 Å². The summed E-state index contributed by atoms with van der Waals surface area (Å²) in [6, 6.07) is 7.91. The number of imidazole rings is 1. The Morgan fingerprint density at radius 2 is 1.93 bits per heavy atom. The largest absolute Gasteiger partial charge is 0.352 e. The molecule has 0 aliphatic rings. The van der Waals surface area contributed by atoms with Crippen molar-refractivity contribution in [2.45, 2.75) is 18.8 Å². The second kappa shape index (κ2) is 9.49. The standard InChI is InChI=1S/C20H23FN6O2S/c1-22-20(25-11-15-5-6-24-19(9-15)27-8-7-23-14-27)26-12-17-10-18(21)4-3-16(17)13-30(2,28)29/h3-10,14H,11-13H2,1-2H3,(H2,22,25,26). The van der Waals surface area contributed by atoms with E-state index in [-0.39, 0.29) is 12.3 Å². The van der Waals surface area contributed by atoms with E-state index in [9.17, 15) is 12.8 Å². The lowest BCUT2D eigenvalue weighted by molar-refractivity contribution is 0.599. The lowest BCUT2D eigenvalue weighted by atomic mass is 10.1. The molecule has 3 aromatic rings. The molecular weight excluding hydrogens is 407 g/mol. The van der Waals surface area contributed by atoms with Crippen LogP contribution < -0.4 is 10.6 Å². The topological polar surface area (TPSA) is 101 Å². The number of guanidine groups is 1. The number of hydrogen-bond acceptors (Lipinski definition) is 5. The molecule has 0 fully saturated rings. The molecule has 0 aliphatic heterocycles. The van der Waals surface area contributed by atoms with E-state index in [0.29, 0.717) is 23.6 Å². The third kappa shape index (κ3) is 6.11. The van der Waals surface area contributed by atoms with Gasteiger partial charge < -0.3 is 10.6 Å². The van der Waals surface area contributed by atoms with Crippen LogP contribution in [0.2, 0.25) is 0 Å². The van der Waals surface area contributed by atoms with Crippen LogP contribution in [0.5, 0.6) is 0 Å². The van der Waals surface area contributed by atoms with Crippen molar-refractivity contribution in [3.8, 4) is 5.82 Å². The van der Waals surface area contributed by atoms with Crippen LogP contribution in [-0.2, 0) is 28.7 Å². The number of sulfone groups is 1. The van der Waals surface area contributed by atoms with Gasteiger partial charge in [-0.1, -0.05) is 6.07 Å². The summed E-state index contributed by atoms with van der Waals surface area (Å²) in [4.78, 5) is 12.5. The van der Waals surface area contributed by atoms with Gasteiger partial charge in [0, 0.05) is 45.0 Å². The highest BCUT2D eigenvalue weighted by Gasteiger charge is 2.11. The van der Waals surface area contributed by atoms with Crippen LogP contribution in [0.15, 0.2) is 60.2 Å². The van der Waals surface area contributed by atoms with E-state index < -0.39 is 15.7 Å². The Hall–Kier alpha value is -3.27. The normalized spacial score (nSPS) is 12.0. The summed E-state index contributed by atoms with van der Waals surface area (Å²) in [5, 5.41) is 6.28. The summed E-state index contributed by atoms with van der Waals surface area (Å²) in [5.41, 5.74) is 2.11. The van der Waals surface area contributed by atoms with Crippen LogP contribution >= 0.6 is 0 Å². The zero-order valence-electron chi connectivity index (χ0n) is 16.7. The maximum Gasteiger partial charge on any atom is 0.191 e. The Morgan fingerprint density at radius 1 is 1.13 bits per heavy atom. The minimum absolute atomic E-state index is 0.148. The molecular formula is C20H23FN6O2S. The van der Waals surface area contributed by atoms with Crippen LogP contribution in [0, 0.1) is 5.82 Å². The van der Waals surface area contributed by atoms with Gasteiger partial charge in [0.1, 0.15) is 18.0 Å². The van der Waals surface area contributed by atoms with Crippen molar-refractivity contribution < 1.29 is 12.8 Å².